The van der Waals surface area contributed by atoms with Crippen LogP contribution in [-0.2, 0) is 0 Å². The summed E-state index contributed by atoms with van der Waals surface area (Å²) in [5.74, 6) is 3.68. The average Bonchev–Trinajstić information content (AvgIpc) is 3.23. The number of ether oxygens (including phenoxy) is 2. The molecule has 0 bridgehead atoms. The summed E-state index contributed by atoms with van der Waals surface area (Å²) < 4.78 is 13.2. The van der Waals surface area contributed by atoms with Gasteiger partial charge < -0.3 is 25.9 Å². The van der Waals surface area contributed by atoms with Crippen LogP contribution in [0, 0.1) is 6.92 Å². The predicted molar refractivity (Wildman–Crippen MR) is 145 cm³/mol. The van der Waals surface area contributed by atoms with Gasteiger partial charge in [-0.15, -0.1) is 0 Å². The van der Waals surface area contributed by atoms with E-state index in [0.29, 0.717) is 17.1 Å². The number of nitrogens with two attached hydrogens (primary N) is 2. The molecule has 0 saturated carbocycles. The number of hydrogen-bond acceptors (Lipinski definition) is 5. The van der Waals surface area contributed by atoms with E-state index in [9.17, 15) is 0 Å². The number of H-pyrrole nitrogens is 1. The summed E-state index contributed by atoms with van der Waals surface area (Å²) in [6, 6.07) is 26.6. The molecule has 1 heterocycles. The summed E-state index contributed by atoms with van der Waals surface area (Å²) in [5, 5.41) is 0. The quantitative estimate of drug-likeness (QED) is 0.188. The van der Waals surface area contributed by atoms with Gasteiger partial charge in [0.15, 0.2) is 11.5 Å². The van der Waals surface area contributed by atoms with E-state index in [-0.39, 0.29) is 0 Å². The van der Waals surface area contributed by atoms with E-state index < -0.39 is 0 Å². The number of rotatable bonds is 4. The van der Waals surface area contributed by atoms with E-state index in [0.717, 1.165) is 43.1 Å². The number of nitrogens with one attached hydrogen (secondary N) is 1. The van der Waals surface area contributed by atoms with Gasteiger partial charge in [-0.25, -0.2) is 4.98 Å². The topological polar surface area (TPSA) is 99.2 Å². The maximum absolute atomic E-state index is 5.91. The minimum Gasteiger partial charge on any atom is -0.454 e. The van der Waals surface area contributed by atoms with Crippen LogP contribution in [0.5, 0.6) is 23.0 Å². The Bertz CT molecular complexity index is 1410. The molecule has 5 rings (SSSR count). The molecule has 34 heavy (non-hydrogen) atoms. The van der Waals surface area contributed by atoms with Crippen molar-refractivity contribution in [3.63, 3.8) is 0 Å². The monoisotopic (exact) mass is 580 g/mol. The zero-order chi connectivity index (χ0) is 24.1. The number of para-hydroxylation sites is 2. The lowest BCUT2D eigenvalue weighted by Crippen LogP contribution is -1.98. The molecule has 5 aromatic rings. The van der Waals surface area contributed by atoms with Crippen molar-refractivity contribution in [2.45, 2.75) is 6.92 Å². The first-order valence-electron chi connectivity index (χ1n) is 10.4. The molecule has 0 aliphatic rings. The molecule has 6 nitrogen and oxygen atoms in total. The first-order chi connectivity index (χ1) is 16.4. The first-order valence-corrected chi connectivity index (χ1v) is 11.9. The van der Waals surface area contributed by atoms with Crippen LogP contribution in [-0.4, -0.2) is 9.97 Å². The van der Waals surface area contributed by atoms with Gasteiger partial charge in [0.05, 0.1) is 25.8 Å². The second-order valence-corrected chi connectivity index (χ2v) is 9.01. The molecular formula is C26H22Br2N4O2. The minimum absolute atomic E-state index is 0.443. The lowest BCUT2D eigenvalue weighted by Gasteiger charge is -2.11. The Hall–Kier alpha value is -3.49. The fourth-order valence-electron chi connectivity index (χ4n) is 3.15. The number of imidazole rings is 1. The van der Waals surface area contributed by atoms with Gasteiger partial charge in [-0.05, 0) is 87.3 Å². The third kappa shape index (κ3) is 5.52. The molecule has 0 spiro atoms. The summed E-state index contributed by atoms with van der Waals surface area (Å²) >= 11 is 6.88. The maximum Gasteiger partial charge on any atom is 0.169 e. The van der Waals surface area contributed by atoms with E-state index in [1.165, 1.54) is 0 Å². The number of benzene rings is 4. The van der Waals surface area contributed by atoms with Gasteiger partial charge in [-0.2, -0.15) is 0 Å². The number of halogens is 2. The van der Waals surface area contributed by atoms with Gasteiger partial charge >= 0.3 is 0 Å². The van der Waals surface area contributed by atoms with E-state index in [2.05, 4.69) is 41.8 Å². The smallest absolute Gasteiger partial charge is 0.169 e. The lowest BCUT2D eigenvalue weighted by atomic mass is 10.2. The Labute approximate surface area is 214 Å². The molecule has 0 atom stereocenters. The van der Waals surface area contributed by atoms with Crippen molar-refractivity contribution in [2.24, 2.45) is 0 Å². The molecule has 5 N–H and O–H groups in total. The number of anilines is 2. The van der Waals surface area contributed by atoms with Crippen molar-refractivity contribution in [1.29, 1.82) is 0 Å². The van der Waals surface area contributed by atoms with Gasteiger partial charge in [0, 0.05) is 0 Å². The molecule has 0 fully saturated rings. The van der Waals surface area contributed by atoms with Crippen LogP contribution < -0.4 is 20.9 Å². The van der Waals surface area contributed by atoms with Crippen molar-refractivity contribution in [3.05, 3.63) is 99.7 Å². The molecule has 0 unspecified atom stereocenters. The van der Waals surface area contributed by atoms with E-state index in [4.69, 9.17) is 20.9 Å². The van der Waals surface area contributed by atoms with E-state index >= 15 is 0 Å². The number of aryl methyl sites for hydroxylation is 1. The number of aromatic amines is 1. The van der Waals surface area contributed by atoms with Crippen LogP contribution >= 0.6 is 31.9 Å². The molecule has 0 radical (unpaired) electrons. The Morgan fingerprint density at radius 2 is 1.24 bits per heavy atom. The SMILES string of the molecule is Cc1nc2c(Oc3ccccc3)c(Br)ccc2[nH]1.Nc1ccc(Br)c(Oc2ccccc2)c1N. The number of nitrogen functional groups attached to an aromatic ring is 2. The average molecular weight is 582 g/mol. The van der Waals surface area contributed by atoms with Crippen LogP contribution in [0.2, 0.25) is 0 Å². The maximum atomic E-state index is 5.91. The van der Waals surface area contributed by atoms with Crippen LogP contribution in [0.15, 0.2) is 93.9 Å². The van der Waals surface area contributed by atoms with Crippen LogP contribution in [0.3, 0.4) is 0 Å². The molecule has 8 heteroatoms. The van der Waals surface area contributed by atoms with Gasteiger partial charge in [0.2, 0.25) is 0 Å². The van der Waals surface area contributed by atoms with Gasteiger partial charge in [-0.1, -0.05) is 36.4 Å². The highest BCUT2D eigenvalue weighted by Crippen LogP contribution is 2.38. The van der Waals surface area contributed by atoms with Crippen molar-refractivity contribution >= 4 is 54.3 Å². The Balaban J connectivity index is 0.000000162. The van der Waals surface area contributed by atoms with Crippen LogP contribution in [0.4, 0.5) is 11.4 Å². The molecular weight excluding hydrogens is 560 g/mol. The van der Waals surface area contributed by atoms with Crippen molar-refractivity contribution in [2.75, 3.05) is 11.5 Å². The molecule has 0 saturated heterocycles. The third-order valence-electron chi connectivity index (χ3n) is 4.79. The summed E-state index contributed by atoms with van der Waals surface area (Å²) in [5.41, 5.74) is 14.3. The number of fused-ring (bicyclic) bond motifs is 1. The molecule has 0 aliphatic heterocycles. The zero-order valence-electron chi connectivity index (χ0n) is 18.3. The summed E-state index contributed by atoms with van der Waals surface area (Å²) in [4.78, 5) is 7.66. The zero-order valence-corrected chi connectivity index (χ0v) is 21.4. The fraction of sp³-hybridized carbons (Fsp3) is 0.0385. The normalized spacial score (nSPS) is 10.4. The second-order valence-electron chi connectivity index (χ2n) is 7.30. The van der Waals surface area contributed by atoms with Gasteiger partial charge in [-0.3, -0.25) is 0 Å². The Kier molecular flexibility index (Phi) is 7.40. The highest BCUT2D eigenvalue weighted by atomic mass is 79.9. The molecule has 0 amide bonds. The molecule has 1 aromatic heterocycles. The molecule has 172 valence electrons. The predicted octanol–water partition coefficient (Wildman–Crippen LogP) is 7.83. The second kappa shape index (κ2) is 10.6. The summed E-state index contributed by atoms with van der Waals surface area (Å²) in [7, 11) is 0. The summed E-state index contributed by atoms with van der Waals surface area (Å²) in [6.45, 7) is 1.93. The fourth-order valence-corrected chi connectivity index (χ4v) is 3.98. The molecule has 4 aromatic carbocycles. The Morgan fingerprint density at radius 1 is 0.706 bits per heavy atom. The number of nitrogens with zero attached hydrogens (tertiary/aromatic N) is 1. The van der Waals surface area contributed by atoms with Crippen LogP contribution in [0.25, 0.3) is 11.0 Å². The van der Waals surface area contributed by atoms with Crippen LogP contribution in [0.1, 0.15) is 5.82 Å². The highest BCUT2D eigenvalue weighted by Gasteiger charge is 2.12. The summed E-state index contributed by atoms with van der Waals surface area (Å²) in [6.07, 6.45) is 0. The highest BCUT2D eigenvalue weighted by molar-refractivity contribution is 9.11. The van der Waals surface area contributed by atoms with Gasteiger partial charge in [0.1, 0.15) is 22.8 Å². The van der Waals surface area contributed by atoms with Crippen molar-refractivity contribution < 1.29 is 9.47 Å². The van der Waals surface area contributed by atoms with Gasteiger partial charge in [0.25, 0.3) is 0 Å². The van der Waals surface area contributed by atoms with E-state index in [1.807, 2.05) is 85.8 Å². The van der Waals surface area contributed by atoms with Crippen molar-refractivity contribution in [3.8, 4) is 23.0 Å². The Morgan fingerprint density at radius 3 is 1.85 bits per heavy atom. The third-order valence-corrected chi connectivity index (χ3v) is 6.04. The van der Waals surface area contributed by atoms with Crippen molar-refractivity contribution in [1.82, 2.24) is 9.97 Å². The first kappa shape index (κ1) is 23.7. The molecule has 0 aliphatic carbocycles. The minimum atomic E-state index is 0.443. The van der Waals surface area contributed by atoms with E-state index in [1.54, 1.807) is 6.07 Å². The standard InChI is InChI=1S/C14H11BrN2O.C12H11BrN2O/c1-9-16-12-8-7-11(15)14(13(12)17-9)18-10-5-3-2-4-6-10;13-9-6-7-10(14)11(15)12(9)16-8-4-2-1-3-5-8/h2-8H,1H3,(H,16,17);1-7H,14-15H2. The number of hydrogen-bond donors (Lipinski definition) is 3. The lowest BCUT2D eigenvalue weighted by molar-refractivity contribution is 0.482. The largest absolute Gasteiger partial charge is 0.454 e. The number of aromatic nitrogens is 2.